The number of aromatic amines is 1. The van der Waals surface area contributed by atoms with Crippen molar-refractivity contribution >= 4 is 39.2 Å². The highest BCUT2D eigenvalue weighted by Gasteiger charge is 2.10. The first-order valence-corrected chi connectivity index (χ1v) is 7.36. The molecule has 0 saturated heterocycles. The molecule has 0 saturated carbocycles. The van der Waals surface area contributed by atoms with Gasteiger partial charge >= 0.3 is 0 Å². The molecule has 0 aliphatic rings. The first-order valence-electron chi connectivity index (χ1n) is 6.16. The number of nitrogens with one attached hydrogen (secondary N) is 1. The van der Waals surface area contributed by atoms with E-state index >= 15 is 0 Å². The maximum absolute atomic E-state index is 13.8. The van der Waals surface area contributed by atoms with E-state index < -0.39 is 0 Å². The van der Waals surface area contributed by atoms with Gasteiger partial charge in [0.15, 0.2) is 4.77 Å². The molecule has 0 aliphatic heterocycles. The molecule has 0 atom stereocenters. The Balaban J connectivity index is 2.20. The van der Waals surface area contributed by atoms with Gasteiger partial charge in [0, 0.05) is 11.8 Å². The van der Waals surface area contributed by atoms with E-state index in [9.17, 15) is 4.39 Å². The summed E-state index contributed by atoms with van der Waals surface area (Å²) in [5.41, 5.74) is 3.19. The summed E-state index contributed by atoms with van der Waals surface area (Å²) in [6, 6.07) is 12.7. The second-order valence-electron chi connectivity index (χ2n) is 4.55. The summed E-state index contributed by atoms with van der Waals surface area (Å²) in [6.45, 7) is 0. The minimum absolute atomic E-state index is 0.341. The lowest BCUT2D eigenvalue weighted by Gasteiger charge is -2.06. The molecular weight excluding hydrogens is 353 g/mol. The van der Waals surface area contributed by atoms with Gasteiger partial charge in [0.25, 0.3) is 0 Å². The minimum atomic E-state index is -0.341. The van der Waals surface area contributed by atoms with Crippen LogP contribution < -0.4 is 0 Å². The lowest BCUT2D eigenvalue weighted by atomic mass is 10.1. The number of halogens is 2. The van der Waals surface area contributed by atoms with Crippen LogP contribution >= 0.6 is 28.1 Å². The lowest BCUT2D eigenvalue weighted by molar-refractivity contribution is 0.622. The summed E-state index contributed by atoms with van der Waals surface area (Å²) in [6.07, 6.45) is 0.362. The normalized spacial score (nSPS) is 10.7. The number of imidazole rings is 1. The molecule has 0 unspecified atom stereocenters. The smallest absolute Gasteiger partial charge is 0.182 e. The average molecular weight is 362 g/mol. The molecule has 3 aromatic rings. The standard InChI is InChI=1S/C15H9BrFN3S/c16-11-7-13-14(8-12(11)17)20(15(21)19-13)10-3-1-9(2-4-10)5-6-18/h1-4,7-8H,5H2,(H,19,21). The van der Waals surface area contributed by atoms with Crippen molar-refractivity contribution < 1.29 is 4.39 Å². The lowest BCUT2D eigenvalue weighted by Crippen LogP contribution is -1.95. The van der Waals surface area contributed by atoms with Gasteiger partial charge in [-0.25, -0.2) is 4.39 Å². The largest absolute Gasteiger partial charge is 0.330 e. The zero-order valence-corrected chi connectivity index (χ0v) is 13.1. The molecular formula is C15H9BrFN3S. The quantitative estimate of drug-likeness (QED) is 0.674. The third-order valence-electron chi connectivity index (χ3n) is 3.20. The molecule has 0 radical (unpaired) electrons. The van der Waals surface area contributed by atoms with Crippen molar-refractivity contribution in [1.82, 2.24) is 9.55 Å². The van der Waals surface area contributed by atoms with E-state index in [-0.39, 0.29) is 5.82 Å². The highest BCUT2D eigenvalue weighted by molar-refractivity contribution is 9.10. The summed E-state index contributed by atoms with van der Waals surface area (Å²) in [5, 5.41) is 8.69. The van der Waals surface area contributed by atoms with E-state index in [4.69, 9.17) is 17.5 Å². The molecule has 0 amide bonds. The van der Waals surface area contributed by atoms with Crippen molar-refractivity contribution in [1.29, 1.82) is 5.26 Å². The second kappa shape index (κ2) is 5.43. The Kier molecular flexibility index (Phi) is 3.62. The minimum Gasteiger partial charge on any atom is -0.330 e. The predicted molar refractivity (Wildman–Crippen MR) is 85.4 cm³/mol. The molecule has 0 aliphatic carbocycles. The van der Waals surface area contributed by atoms with Gasteiger partial charge in [-0.1, -0.05) is 12.1 Å². The molecule has 3 rings (SSSR count). The van der Waals surface area contributed by atoms with Crippen LogP contribution in [0.25, 0.3) is 16.7 Å². The van der Waals surface area contributed by atoms with Crippen LogP contribution in [0.1, 0.15) is 5.56 Å². The zero-order valence-electron chi connectivity index (χ0n) is 10.7. The summed E-state index contributed by atoms with van der Waals surface area (Å²) in [5.74, 6) is -0.341. The van der Waals surface area contributed by atoms with E-state index in [0.717, 1.165) is 16.8 Å². The number of nitrogens with zero attached hydrogens (tertiary/aromatic N) is 2. The van der Waals surface area contributed by atoms with Crippen molar-refractivity contribution in [2.45, 2.75) is 6.42 Å². The van der Waals surface area contributed by atoms with Crippen molar-refractivity contribution in [3.63, 3.8) is 0 Å². The van der Waals surface area contributed by atoms with Crippen LogP contribution in [-0.2, 0) is 6.42 Å². The number of hydrogen-bond donors (Lipinski definition) is 1. The number of benzene rings is 2. The molecule has 6 heteroatoms. The van der Waals surface area contributed by atoms with Gasteiger partial charge in [0.2, 0.25) is 0 Å². The molecule has 2 aromatic carbocycles. The SMILES string of the molecule is N#CCc1ccc(-n2c(=S)[nH]c3cc(Br)c(F)cc32)cc1. The van der Waals surface area contributed by atoms with Gasteiger partial charge in [0.05, 0.1) is 28.0 Å². The Morgan fingerprint density at radius 1 is 1.29 bits per heavy atom. The van der Waals surface area contributed by atoms with E-state index in [1.165, 1.54) is 6.07 Å². The molecule has 1 aromatic heterocycles. The van der Waals surface area contributed by atoms with Gasteiger partial charge in [-0.2, -0.15) is 5.26 Å². The molecule has 1 N–H and O–H groups in total. The fourth-order valence-electron chi connectivity index (χ4n) is 2.21. The Morgan fingerprint density at radius 2 is 2.00 bits per heavy atom. The molecule has 104 valence electrons. The first kappa shape index (κ1) is 14.0. The topological polar surface area (TPSA) is 44.5 Å². The molecule has 0 fully saturated rings. The third kappa shape index (κ3) is 2.50. The molecule has 21 heavy (non-hydrogen) atoms. The highest BCUT2D eigenvalue weighted by atomic mass is 79.9. The second-order valence-corrected chi connectivity index (χ2v) is 5.79. The average Bonchev–Trinajstić information content (AvgIpc) is 2.76. The van der Waals surface area contributed by atoms with Gasteiger partial charge in [-0.3, -0.25) is 4.57 Å². The predicted octanol–water partition coefficient (Wildman–Crippen LogP) is 4.66. The van der Waals surface area contributed by atoms with Crippen LogP contribution in [0.5, 0.6) is 0 Å². The van der Waals surface area contributed by atoms with Crippen LogP contribution in [0.2, 0.25) is 0 Å². The summed E-state index contributed by atoms with van der Waals surface area (Å²) < 4.78 is 16.4. The third-order valence-corrected chi connectivity index (χ3v) is 4.09. The van der Waals surface area contributed by atoms with Crippen LogP contribution in [0.4, 0.5) is 4.39 Å². The number of nitriles is 1. The van der Waals surface area contributed by atoms with Crippen molar-refractivity contribution in [3.8, 4) is 11.8 Å². The van der Waals surface area contributed by atoms with Crippen molar-refractivity contribution in [3.05, 3.63) is 57.0 Å². The van der Waals surface area contributed by atoms with Crippen molar-refractivity contribution in [2.24, 2.45) is 0 Å². The van der Waals surface area contributed by atoms with E-state index in [0.29, 0.717) is 21.2 Å². The summed E-state index contributed by atoms with van der Waals surface area (Å²) >= 11 is 8.49. The first-order chi connectivity index (χ1) is 10.1. The van der Waals surface area contributed by atoms with Crippen LogP contribution in [0.15, 0.2) is 40.9 Å². The van der Waals surface area contributed by atoms with E-state index in [1.807, 2.05) is 24.3 Å². The summed E-state index contributed by atoms with van der Waals surface area (Å²) in [4.78, 5) is 3.06. The number of hydrogen-bond acceptors (Lipinski definition) is 2. The van der Waals surface area contributed by atoms with Gasteiger partial charge in [-0.05, 0) is 51.9 Å². The van der Waals surface area contributed by atoms with E-state index in [1.54, 1.807) is 10.6 Å². The monoisotopic (exact) mass is 361 g/mol. The van der Waals surface area contributed by atoms with Gasteiger partial charge in [-0.15, -0.1) is 0 Å². The van der Waals surface area contributed by atoms with Gasteiger partial charge in [0.1, 0.15) is 5.82 Å². The van der Waals surface area contributed by atoms with Crippen LogP contribution in [0, 0.1) is 21.9 Å². The maximum atomic E-state index is 13.8. The fourth-order valence-corrected chi connectivity index (χ4v) is 2.87. The molecule has 0 spiro atoms. The Hall–Kier alpha value is -1.97. The fraction of sp³-hybridized carbons (Fsp3) is 0.0667. The van der Waals surface area contributed by atoms with Crippen LogP contribution in [-0.4, -0.2) is 9.55 Å². The number of H-pyrrole nitrogens is 1. The molecule has 3 nitrogen and oxygen atoms in total. The maximum Gasteiger partial charge on any atom is 0.182 e. The highest BCUT2D eigenvalue weighted by Crippen LogP contribution is 2.25. The summed E-state index contributed by atoms with van der Waals surface area (Å²) in [7, 11) is 0. The van der Waals surface area contributed by atoms with Crippen molar-refractivity contribution in [2.75, 3.05) is 0 Å². The molecule has 0 bridgehead atoms. The van der Waals surface area contributed by atoms with Gasteiger partial charge < -0.3 is 4.98 Å². The Morgan fingerprint density at radius 3 is 2.67 bits per heavy atom. The van der Waals surface area contributed by atoms with Crippen LogP contribution in [0.3, 0.4) is 0 Å². The molecule has 1 heterocycles. The Labute approximate surface area is 133 Å². The Bertz CT molecular complexity index is 919. The number of fused-ring (bicyclic) bond motifs is 1. The van der Waals surface area contributed by atoms with E-state index in [2.05, 4.69) is 27.0 Å². The number of aromatic nitrogens is 2. The zero-order chi connectivity index (χ0) is 15.0. The number of rotatable bonds is 2.